The number of hydrogen-bond donors (Lipinski definition) is 0. The average molecular weight is 413 g/mol. The van der Waals surface area contributed by atoms with Gasteiger partial charge in [0.15, 0.2) is 0 Å². The van der Waals surface area contributed by atoms with E-state index in [9.17, 15) is 8.42 Å². The minimum Gasteiger partial charge on any atom is -0.496 e. The Balaban J connectivity index is 1.76. The van der Waals surface area contributed by atoms with Crippen molar-refractivity contribution in [2.45, 2.75) is 4.90 Å². The molecule has 0 spiro atoms. The molecule has 0 N–H and O–H groups in total. The molecular weight excluding hydrogens is 394 g/mol. The number of aromatic nitrogens is 1. The molecule has 0 aliphatic heterocycles. The molecule has 0 aliphatic rings. The Morgan fingerprint density at radius 3 is 2.27 bits per heavy atom. The maximum absolute atomic E-state index is 13.6. The van der Waals surface area contributed by atoms with Crippen molar-refractivity contribution in [3.63, 3.8) is 0 Å². The number of para-hydroxylation sites is 2. The molecule has 5 aromatic rings. The molecule has 148 valence electrons. The van der Waals surface area contributed by atoms with Gasteiger partial charge >= 0.3 is 0 Å². The van der Waals surface area contributed by atoms with Crippen molar-refractivity contribution in [3.8, 4) is 16.9 Å². The molecule has 5 rings (SSSR count). The Morgan fingerprint density at radius 2 is 1.43 bits per heavy atom. The van der Waals surface area contributed by atoms with E-state index >= 15 is 0 Å². The van der Waals surface area contributed by atoms with E-state index in [2.05, 4.69) is 0 Å². The van der Waals surface area contributed by atoms with Gasteiger partial charge in [-0.25, -0.2) is 12.4 Å². The van der Waals surface area contributed by atoms with Crippen LogP contribution in [0.15, 0.2) is 102 Å². The molecule has 1 aromatic heterocycles. The van der Waals surface area contributed by atoms with Gasteiger partial charge < -0.3 is 4.74 Å². The summed E-state index contributed by atoms with van der Waals surface area (Å²) in [5, 5.41) is 2.75. The highest BCUT2D eigenvalue weighted by molar-refractivity contribution is 7.90. The Bertz CT molecular complexity index is 1500. The van der Waals surface area contributed by atoms with Gasteiger partial charge in [-0.05, 0) is 35.0 Å². The number of fused-ring (bicyclic) bond motifs is 2. The standard InChI is InChI=1S/C25H19NO3S/c1-29-25-13-7-5-11-22(25)23-17-26(24-12-6-4-10-21(23)24)30(27,28)20-15-14-18-8-2-3-9-19(18)16-20/h2-17H,1H3. The second-order valence-electron chi connectivity index (χ2n) is 7.07. The van der Waals surface area contributed by atoms with Crippen LogP contribution in [0.3, 0.4) is 0 Å². The fraction of sp³-hybridized carbons (Fsp3) is 0.0400. The monoisotopic (exact) mass is 413 g/mol. The van der Waals surface area contributed by atoms with Crippen molar-refractivity contribution < 1.29 is 13.2 Å². The van der Waals surface area contributed by atoms with Crippen LogP contribution in [0, 0.1) is 0 Å². The lowest BCUT2D eigenvalue weighted by atomic mass is 10.0. The van der Waals surface area contributed by atoms with Gasteiger partial charge in [-0.3, -0.25) is 0 Å². The Kier molecular flexibility index (Phi) is 4.33. The molecule has 0 saturated carbocycles. The van der Waals surface area contributed by atoms with Gasteiger partial charge in [0.05, 0.1) is 17.5 Å². The van der Waals surface area contributed by atoms with E-state index in [1.807, 2.05) is 78.9 Å². The Labute approximate surface area is 175 Å². The van der Waals surface area contributed by atoms with Gasteiger partial charge in [0.1, 0.15) is 5.75 Å². The normalized spacial score (nSPS) is 11.8. The summed E-state index contributed by atoms with van der Waals surface area (Å²) in [5.74, 6) is 0.698. The van der Waals surface area contributed by atoms with Crippen molar-refractivity contribution in [2.75, 3.05) is 7.11 Å². The first-order chi connectivity index (χ1) is 14.6. The van der Waals surface area contributed by atoms with Gasteiger partial charge in [-0.15, -0.1) is 0 Å². The van der Waals surface area contributed by atoms with Crippen LogP contribution in [0.5, 0.6) is 5.75 Å². The highest BCUT2D eigenvalue weighted by Crippen LogP contribution is 2.37. The van der Waals surface area contributed by atoms with Crippen LogP contribution >= 0.6 is 0 Å². The summed E-state index contributed by atoms with van der Waals surface area (Å²) in [6.45, 7) is 0. The Morgan fingerprint density at radius 1 is 0.733 bits per heavy atom. The zero-order valence-corrected chi connectivity index (χ0v) is 17.1. The fourth-order valence-electron chi connectivity index (χ4n) is 3.87. The lowest BCUT2D eigenvalue weighted by Crippen LogP contribution is -2.11. The zero-order chi connectivity index (χ0) is 20.7. The molecule has 0 aliphatic carbocycles. The van der Waals surface area contributed by atoms with Crippen LogP contribution < -0.4 is 4.74 Å². The van der Waals surface area contributed by atoms with Crippen molar-refractivity contribution in [1.29, 1.82) is 0 Å². The molecule has 5 heteroatoms. The third-order valence-electron chi connectivity index (χ3n) is 5.35. The van der Waals surface area contributed by atoms with Gasteiger partial charge in [0.2, 0.25) is 0 Å². The van der Waals surface area contributed by atoms with E-state index in [0.717, 1.165) is 27.3 Å². The van der Waals surface area contributed by atoms with Gasteiger partial charge in [-0.1, -0.05) is 66.7 Å². The summed E-state index contributed by atoms with van der Waals surface area (Å²) in [5.41, 5.74) is 2.29. The highest BCUT2D eigenvalue weighted by atomic mass is 32.2. The maximum Gasteiger partial charge on any atom is 0.268 e. The van der Waals surface area contributed by atoms with Crippen LogP contribution in [0.25, 0.3) is 32.8 Å². The quantitative estimate of drug-likeness (QED) is 0.379. The molecule has 0 radical (unpaired) electrons. The molecule has 0 fully saturated rings. The molecular formula is C25H19NO3S. The zero-order valence-electron chi connectivity index (χ0n) is 16.3. The predicted octanol–water partition coefficient (Wildman–Crippen LogP) is 5.71. The van der Waals surface area contributed by atoms with Crippen molar-refractivity contribution >= 4 is 31.7 Å². The Hall–Kier alpha value is -3.57. The number of nitrogens with zero attached hydrogens (tertiary/aromatic N) is 1. The lowest BCUT2D eigenvalue weighted by molar-refractivity contribution is 0.416. The lowest BCUT2D eigenvalue weighted by Gasteiger charge is -2.09. The van der Waals surface area contributed by atoms with E-state index in [1.165, 1.54) is 3.97 Å². The molecule has 30 heavy (non-hydrogen) atoms. The third-order valence-corrected chi connectivity index (χ3v) is 7.02. The minimum absolute atomic E-state index is 0.258. The number of benzene rings is 4. The van der Waals surface area contributed by atoms with E-state index in [0.29, 0.717) is 11.3 Å². The first-order valence-corrected chi connectivity index (χ1v) is 11.0. The second kappa shape index (κ2) is 7.04. The molecule has 0 bridgehead atoms. The average Bonchev–Trinajstić information content (AvgIpc) is 3.19. The van der Waals surface area contributed by atoms with Gasteiger partial charge in [0.25, 0.3) is 10.0 Å². The van der Waals surface area contributed by atoms with Gasteiger partial charge in [0, 0.05) is 22.7 Å². The van der Waals surface area contributed by atoms with Crippen molar-refractivity contribution in [3.05, 3.63) is 97.2 Å². The number of ether oxygens (including phenoxy) is 1. The highest BCUT2D eigenvalue weighted by Gasteiger charge is 2.23. The molecule has 0 amide bonds. The summed E-state index contributed by atoms with van der Waals surface area (Å²) in [6.07, 6.45) is 1.69. The largest absolute Gasteiger partial charge is 0.496 e. The molecule has 0 atom stereocenters. The smallest absolute Gasteiger partial charge is 0.268 e. The van der Waals surface area contributed by atoms with Crippen LogP contribution in [-0.4, -0.2) is 19.5 Å². The minimum atomic E-state index is -3.79. The van der Waals surface area contributed by atoms with Crippen LogP contribution in [0.1, 0.15) is 0 Å². The van der Waals surface area contributed by atoms with E-state index in [-0.39, 0.29) is 4.90 Å². The maximum atomic E-state index is 13.6. The molecule has 4 aromatic carbocycles. The SMILES string of the molecule is COc1ccccc1-c1cn(S(=O)(=O)c2ccc3ccccc3c2)c2ccccc12. The van der Waals surface area contributed by atoms with Crippen LogP contribution in [-0.2, 0) is 10.0 Å². The first-order valence-electron chi connectivity index (χ1n) is 9.57. The molecule has 4 nitrogen and oxygen atoms in total. The number of rotatable bonds is 4. The third kappa shape index (κ3) is 2.86. The fourth-order valence-corrected chi connectivity index (χ4v) is 5.28. The molecule has 1 heterocycles. The first kappa shape index (κ1) is 18.5. The van der Waals surface area contributed by atoms with Crippen molar-refractivity contribution in [1.82, 2.24) is 3.97 Å². The summed E-state index contributed by atoms with van der Waals surface area (Å²) in [6, 6.07) is 28.1. The van der Waals surface area contributed by atoms with E-state index < -0.39 is 10.0 Å². The summed E-state index contributed by atoms with van der Waals surface area (Å²) < 4.78 is 34.1. The predicted molar refractivity (Wildman–Crippen MR) is 120 cm³/mol. The summed E-state index contributed by atoms with van der Waals surface area (Å²) in [4.78, 5) is 0.258. The van der Waals surface area contributed by atoms with Gasteiger partial charge in [-0.2, -0.15) is 0 Å². The summed E-state index contributed by atoms with van der Waals surface area (Å²) in [7, 11) is -2.17. The number of methoxy groups -OCH3 is 1. The molecule has 0 saturated heterocycles. The van der Waals surface area contributed by atoms with Crippen LogP contribution in [0.4, 0.5) is 0 Å². The van der Waals surface area contributed by atoms with Crippen molar-refractivity contribution in [2.24, 2.45) is 0 Å². The summed E-state index contributed by atoms with van der Waals surface area (Å²) >= 11 is 0. The topological polar surface area (TPSA) is 48.3 Å². The number of hydrogen-bond acceptors (Lipinski definition) is 3. The van der Waals surface area contributed by atoms with E-state index in [1.54, 1.807) is 25.4 Å². The van der Waals surface area contributed by atoms with E-state index in [4.69, 9.17) is 4.74 Å². The molecule has 0 unspecified atom stereocenters. The van der Waals surface area contributed by atoms with Crippen LogP contribution in [0.2, 0.25) is 0 Å². The second-order valence-corrected chi connectivity index (χ2v) is 8.88.